The second-order valence-electron chi connectivity index (χ2n) is 17.7. The summed E-state index contributed by atoms with van der Waals surface area (Å²) in [6.45, 7) is 0. The van der Waals surface area contributed by atoms with Crippen molar-refractivity contribution in [3.8, 4) is 50.2 Å². The fourth-order valence-corrected chi connectivity index (χ4v) is 10.5. The molecule has 2 nitrogen and oxygen atoms in total. The molecule has 0 aliphatic carbocycles. The summed E-state index contributed by atoms with van der Waals surface area (Å²) in [6.07, 6.45) is 0. The Morgan fingerprint density at radius 2 is 0.794 bits per heavy atom. The Kier molecular flexibility index (Phi) is 9.54. The highest BCUT2D eigenvalue weighted by Crippen LogP contribution is 2.45. The van der Waals surface area contributed by atoms with Crippen molar-refractivity contribution in [2.24, 2.45) is 0 Å². The molecule has 318 valence electrons. The lowest BCUT2D eigenvalue weighted by molar-refractivity contribution is 1.18. The SMILES string of the molecule is c1ccc(-c2cc(-c3cccc(N(c4ccc(-c5ccc(-c6cccc7ccccc67)cc5)cc4)c4ccc5c(ccc6ccccc65)c4)c3)c3c4ccccc4n(-c4ccccc4)c3c2)cc1. The predicted molar refractivity (Wildman–Crippen MR) is 290 cm³/mol. The number of anilines is 3. The van der Waals surface area contributed by atoms with E-state index in [1.54, 1.807) is 0 Å². The zero-order valence-corrected chi connectivity index (χ0v) is 37.3. The molecule has 2 heteroatoms. The van der Waals surface area contributed by atoms with Crippen molar-refractivity contribution in [1.29, 1.82) is 0 Å². The Bertz CT molecular complexity index is 3990. The first-order valence-corrected chi connectivity index (χ1v) is 23.4. The summed E-state index contributed by atoms with van der Waals surface area (Å²) < 4.78 is 2.42. The van der Waals surface area contributed by atoms with E-state index in [0.717, 1.165) is 28.3 Å². The van der Waals surface area contributed by atoms with E-state index in [1.807, 2.05) is 0 Å². The van der Waals surface area contributed by atoms with Crippen molar-refractivity contribution >= 4 is 71.2 Å². The monoisotopic (exact) mass is 864 g/mol. The summed E-state index contributed by atoms with van der Waals surface area (Å²) in [6, 6.07) is 97.6. The van der Waals surface area contributed by atoms with Gasteiger partial charge in [0.2, 0.25) is 0 Å². The molecule has 0 bridgehead atoms. The van der Waals surface area contributed by atoms with Gasteiger partial charge in [-0.25, -0.2) is 0 Å². The van der Waals surface area contributed by atoms with Gasteiger partial charge in [-0.1, -0.05) is 200 Å². The molecule has 0 saturated heterocycles. The number of aromatic nitrogens is 1. The summed E-state index contributed by atoms with van der Waals surface area (Å²) in [5, 5.41) is 9.95. The minimum atomic E-state index is 1.08. The lowest BCUT2D eigenvalue weighted by Gasteiger charge is -2.27. The van der Waals surface area contributed by atoms with Crippen molar-refractivity contribution in [3.63, 3.8) is 0 Å². The van der Waals surface area contributed by atoms with Gasteiger partial charge in [-0.05, 0) is 144 Å². The van der Waals surface area contributed by atoms with E-state index in [4.69, 9.17) is 0 Å². The van der Waals surface area contributed by atoms with Gasteiger partial charge in [-0.15, -0.1) is 0 Å². The molecule has 0 unspecified atom stereocenters. The first kappa shape index (κ1) is 39.4. The molecule has 1 heterocycles. The van der Waals surface area contributed by atoms with E-state index in [1.165, 1.54) is 93.1 Å². The topological polar surface area (TPSA) is 8.17 Å². The Hall–Kier alpha value is -8.98. The van der Waals surface area contributed by atoms with Gasteiger partial charge in [-0.2, -0.15) is 0 Å². The third kappa shape index (κ3) is 6.82. The molecular formula is C66H44N2. The van der Waals surface area contributed by atoms with Crippen molar-refractivity contribution < 1.29 is 0 Å². The first-order chi connectivity index (χ1) is 33.7. The van der Waals surface area contributed by atoms with Crippen molar-refractivity contribution in [1.82, 2.24) is 4.57 Å². The normalized spacial score (nSPS) is 11.5. The van der Waals surface area contributed by atoms with Crippen LogP contribution in [0.1, 0.15) is 0 Å². The van der Waals surface area contributed by atoms with Gasteiger partial charge < -0.3 is 9.47 Å². The summed E-state index contributed by atoms with van der Waals surface area (Å²) in [7, 11) is 0. The zero-order chi connectivity index (χ0) is 45.0. The molecule has 0 atom stereocenters. The van der Waals surface area contributed by atoms with Crippen LogP contribution in [0.15, 0.2) is 267 Å². The standard InChI is InChI=1S/C66H44N2/c1-3-15-45(16-4-1)53-43-63(66-62-26-11-12-28-64(62)68(65(66)44-53)54-21-5-2-6-22-54)51-20-13-23-56(41-51)67(57-39-40-61-52(42-57)34-33-49-18-8-10-25-59(49)61)55-37-35-47(36-38-55)46-29-31-50(32-30-46)60-27-14-19-48-17-7-9-24-58(48)60/h1-44H. The number of hydrogen-bond acceptors (Lipinski definition) is 1. The van der Waals surface area contributed by atoms with Crippen LogP contribution in [0.5, 0.6) is 0 Å². The van der Waals surface area contributed by atoms with Crippen LogP contribution >= 0.6 is 0 Å². The van der Waals surface area contributed by atoms with E-state index in [2.05, 4.69) is 276 Å². The number of para-hydroxylation sites is 2. The van der Waals surface area contributed by atoms with Gasteiger partial charge in [-0.3, -0.25) is 0 Å². The van der Waals surface area contributed by atoms with Crippen molar-refractivity contribution in [3.05, 3.63) is 267 Å². The number of rotatable bonds is 8. The minimum Gasteiger partial charge on any atom is -0.310 e. The number of fused-ring (bicyclic) bond motifs is 7. The summed E-state index contributed by atoms with van der Waals surface area (Å²) in [4.78, 5) is 2.41. The smallest absolute Gasteiger partial charge is 0.0553 e. The molecule has 0 radical (unpaired) electrons. The van der Waals surface area contributed by atoms with Crippen LogP contribution in [-0.4, -0.2) is 4.57 Å². The molecule has 0 amide bonds. The quantitative estimate of drug-likeness (QED) is 0.138. The summed E-state index contributed by atoms with van der Waals surface area (Å²) in [5.41, 5.74) is 16.3. The zero-order valence-electron chi connectivity index (χ0n) is 37.3. The van der Waals surface area contributed by atoms with Gasteiger partial charge >= 0.3 is 0 Å². The van der Waals surface area contributed by atoms with Gasteiger partial charge in [0.25, 0.3) is 0 Å². The van der Waals surface area contributed by atoms with E-state index in [9.17, 15) is 0 Å². The van der Waals surface area contributed by atoms with Gasteiger partial charge in [0.15, 0.2) is 0 Å². The average Bonchev–Trinajstić information content (AvgIpc) is 3.75. The van der Waals surface area contributed by atoms with Crippen molar-refractivity contribution in [2.45, 2.75) is 0 Å². The predicted octanol–water partition coefficient (Wildman–Crippen LogP) is 18.4. The van der Waals surface area contributed by atoms with Crippen LogP contribution in [0, 0.1) is 0 Å². The molecule has 13 aromatic rings. The number of benzene rings is 12. The highest BCUT2D eigenvalue weighted by atomic mass is 15.1. The third-order valence-corrected chi connectivity index (χ3v) is 13.7. The maximum absolute atomic E-state index is 2.42. The molecule has 12 aromatic carbocycles. The van der Waals surface area contributed by atoms with Crippen LogP contribution in [0.2, 0.25) is 0 Å². The lowest BCUT2D eigenvalue weighted by atomic mass is 9.94. The van der Waals surface area contributed by atoms with Crippen LogP contribution in [0.25, 0.3) is 104 Å². The van der Waals surface area contributed by atoms with E-state index in [-0.39, 0.29) is 0 Å². The van der Waals surface area contributed by atoms with Gasteiger partial charge in [0.1, 0.15) is 0 Å². The van der Waals surface area contributed by atoms with Crippen LogP contribution in [0.4, 0.5) is 17.1 Å². The van der Waals surface area contributed by atoms with Crippen LogP contribution in [-0.2, 0) is 0 Å². The molecule has 0 saturated carbocycles. The Morgan fingerprint density at radius 3 is 1.59 bits per heavy atom. The maximum Gasteiger partial charge on any atom is 0.0553 e. The summed E-state index contributed by atoms with van der Waals surface area (Å²) in [5.74, 6) is 0. The van der Waals surface area contributed by atoms with Gasteiger partial charge in [0, 0.05) is 33.5 Å². The Morgan fingerprint density at radius 1 is 0.250 bits per heavy atom. The minimum absolute atomic E-state index is 1.08. The molecule has 1 aromatic heterocycles. The van der Waals surface area contributed by atoms with Crippen LogP contribution in [0.3, 0.4) is 0 Å². The lowest BCUT2D eigenvalue weighted by Crippen LogP contribution is -2.10. The number of nitrogens with zero attached hydrogens (tertiary/aromatic N) is 2. The molecule has 68 heavy (non-hydrogen) atoms. The molecule has 0 aliphatic rings. The maximum atomic E-state index is 2.42. The average molecular weight is 865 g/mol. The molecule has 0 aliphatic heterocycles. The second-order valence-corrected chi connectivity index (χ2v) is 17.7. The molecular weight excluding hydrogens is 821 g/mol. The van der Waals surface area contributed by atoms with E-state index in [0.29, 0.717) is 0 Å². The van der Waals surface area contributed by atoms with Gasteiger partial charge in [0.05, 0.1) is 11.0 Å². The van der Waals surface area contributed by atoms with Crippen LogP contribution < -0.4 is 4.90 Å². The second kappa shape index (κ2) is 16.5. The molecule has 0 fully saturated rings. The highest BCUT2D eigenvalue weighted by Gasteiger charge is 2.21. The Labute approximate surface area is 395 Å². The third-order valence-electron chi connectivity index (χ3n) is 13.7. The molecule has 13 rings (SSSR count). The highest BCUT2D eigenvalue weighted by molar-refractivity contribution is 6.17. The first-order valence-electron chi connectivity index (χ1n) is 23.4. The van der Waals surface area contributed by atoms with E-state index < -0.39 is 0 Å². The van der Waals surface area contributed by atoms with Crippen molar-refractivity contribution in [2.75, 3.05) is 4.90 Å². The van der Waals surface area contributed by atoms with E-state index >= 15 is 0 Å². The largest absolute Gasteiger partial charge is 0.310 e. The molecule has 0 spiro atoms. The number of hydrogen-bond donors (Lipinski definition) is 0. The Balaban J connectivity index is 0.966. The molecule has 0 N–H and O–H groups in total. The fourth-order valence-electron chi connectivity index (χ4n) is 10.5. The fraction of sp³-hybridized carbons (Fsp3) is 0. The summed E-state index contributed by atoms with van der Waals surface area (Å²) >= 11 is 0.